The van der Waals surface area contributed by atoms with Crippen molar-refractivity contribution in [2.45, 2.75) is 19.0 Å². The zero-order valence-electron chi connectivity index (χ0n) is 19.0. The largest absolute Gasteiger partial charge is 0.352 e. The Morgan fingerprint density at radius 1 is 0.941 bits per heavy atom. The lowest BCUT2D eigenvalue weighted by molar-refractivity contribution is -0.113. The Balaban J connectivity index is 1.52. The van der Waals surface area contributed by atoms with E-state index in [1.54, 1.807) is 24.3 Å². The van der Waals surface area contributed by atoms with Crippen LogP contribution in [0, 0.1) is 6.92 Å². The average Bonchev–Trinajstić information content (AvgIpc) is 3.28. The van der Waals surface area contributed by atoms with Gasteiger partial charge in [-0.2, -0.15) is 0 Å². The molecule has 0 aliphatic carbocycles. The maximum Gasteiger partial charge on any atom is 0.251 e. The molecule has 0 saturated heterocycles. The summed E-state index contributed by atoms with van der Waals surface area (Å²) in [5.74, 6) is 0.483. The second-order valence-corrected chi connectivity index (χ2v) is 8.56. The molecule has 1 aromatic heterocycles. The highest BCUT2D eigenvalue weighted by molar-refractivity contribution is 7.99. The number of benzene rings is 3. The molecule has 0 unspecified atom stereocenters. The van der Waals surface area contributed by atoms with Gasteiger partial charge in [-0.15, -0.1) is 10.2 Å². The predicted octanol–water partition coefficient (Wildman–Crippen LogP) is 4.72. The lowest BCUT2D eigenvalue weighted by Gasteiger charge is -2.11. The number of nitrogens with one attached hydrogen (secondary N) is 2. The molecule has 8 heteroatoms. The number of aryl methyl sites for hydroxylation is 1. The number of anilines is 1. The molecule has 0 spiro atoms. The number of rotatable bonds is 8. The highest BCUT2D eigenvalue weighted by atomic mass is 32.2. The van der Waals surface area contributed by atoms with Crippen LogP contribution in [0.15, 0.2) is 84.0 Å². The molecule has 172 valence electrons. The van der Waals surface area contributed by atoms with Crippen molar-refractivity contribution in [3.8, 4) is 17.1 Å². The van der Waals surface area contributed by atoms with Gasteiger partial charge in [-0.3, -0.25) is 14.2 Å². The van der Waals surface area contributed by atoms with Gasteiger partial charge in [-0.1, -0.05) is 65.9 Å². The van der Waals surface area contributed by atoms with E-state index >= 15 is 0 Å². The van der Waals surface area contributed by atoms with Crippen molar-refractivity contribution in [2.24, 2.45) is 0 Å². The van der Waals surface area contributed by atoms with Crippen LogP contribution in [0.1, 0.15) is 22.8 Å². The Bertz CT molecular complexity index is 1290. The minimum Gasteiger partial charge on any atom is -0.352 e. The number of carbonyl (C=O) groups excluding carboxylic acids is 2. The van der Waals surface area contributed by atoms with Crippen LogP contribution in [0.4, 0.5) is 5.69 Å². The van der Waals surface area contributed by atoms with Gasteiger partial charge < -0.3 is 10.6 Å². The first-order chi connectivity index (χ1) is 16.5. The van der Waals surface area contributed by atoms with Crippen LogP contribution >= 0.6 is 11.8 Å². The van der Waals surface area contributed by atoms with Gasteiger partial charge in [0, 0.05) is 29.0 Å². The third kappa shape index (κ3) is 5.52. The van der Waals surface area contributed by atoms with E-state index < -0.39 is 0 Å². The summed E-state index contributed by atoms with van der Waals surface area (Å²) in [4.78, 5) is 24.7. The fraction of sp³-hybridized carbons (Fsp3) is 0.154. The van der Waals surface area contributed by atoms with Gasteiger partial charge in [0.1, 0.15) is 0 Å². The standard InChI is InChI=1S/C26H25N5O2S/c1-3-27-25(33)20-10-7-11-21(16-20)28-23(32)17-34-26-30-29-24(19-8-5-4-6-9-19)31(26)22-14-12-18(2)13-15-22/h4-16H,3,17H2,1-2H3,(H,27,33)(H,28,32). The number of thioether (sulfide) groups is 1. The number of hydrogen-bond acceptors (Lipinski definition) is 5. The van der Waals surface area contributed by atoms with Gasteiger partial charge in [-0.05, 0) is 44.2 Å². The van der Waals surface area contributed by atoms with E-state index in [1.807, 2.05) is 73.0 Å². The molecule has 0 aliphatic rings. The second kappa shape index (κ2) is 10.8. The summed E-state index contributed by atoms with van der Waals surface area (Å²) in [6.45, 7) is 4.44. The molecule has 0 atom stereocenters. The Morgan fingerprint density at radius 3 is 2.44 bits per heavy atom. The van der Waals surface area contributed by atoms with Crippen LogP contribution in [0.5, 0.6) is 0 Å². The van der Waals surface area contributed by atoms with E-state index in [0.717, 1.165) is 16.8 Å². The Labute approximate surface area is 202 Å². The normalized spacial score (nSPS) is 10.6. The summed E-state index contributed by atoms with van der Waals surface area (Å²) in [5.41, 5.74) is 4.08. The predicted molar refractivity (Wildman–Crippen MR) is 135 cm³/mol. The second-order valence-electron chi connectivity index (χ2n) is 7.62. The topological polar surface area (TPSA) is 88.9 Å². The first-order valence-corrected chi connectivity index (χ1v) is 11.9. The van der Waals surface area contributed by atoms with E-state index in [4.69, 9.17) is 0 Å². The molecule has 0 aliphatic heterocycles. The maximum absolute atomic E-state index is 12.7. The Kier molecular flexibility index (Phi) is 7.39. The maximum atomic E-state index is 12.7. The van der Waals surface area contributed by atoms with Gasteiger partial charge in [0.25, 0.3) is 5.91 Å². The zero-order valence-corrected chi connectivity index (χ0v) is 19.8. The minimum atomic E-state index is -0.197. The van der Waals surface area contributed by atoms with Gasteiger partial charge in [0.2, 0.25) is 5.91 Å². The smallest absolute Gasteiger partial charge is 0.251 e. The van der Waals surface area contributed by atoms with Crippen LogP contribution in [0.2, 0.25) is 0 Å². The molecule has 34 heavy (non-hydrogen) atoms. The van der Waals surface area contributed by atoms with Crippen molar-refractivity contribution >= 4 is 29.3 Å². The summed E-state index contributed by atoms with van der Waals surface area (Å²) >= 11 is 1.31. The van der Waals surface area contributed by atoms with Crippen LogP contribution < -0.4 is 10.6 Å². The van der Waals surface area contributed by atoms with Gasteiger partial charge in [-0.25, -0.2) is 0 Å². The molecule has 7 nitrogen and oxygen atoms in total. The van der Waals surface area contributed by atoms with Crippen LogP contribution in [0.3, 0.4) is 0 Å². The monoisotopic (exact) mass is 471 g/mol. The summed E-state index contributed by atoms with van der Waals surface area (Å²) in [6, 6.07) is 24.8. The SMILES string of the molecule is CCNC(=O)c1cccc(NC(=O)CSc2nnc(-c3ccccc3)n2-c2ccc(C)cc2)c1. The van der Waals surface area contributed by atoms with Gasteiger partial charge >= 0.3 is 0 Å². The molecule has 0 fully saturated rings. The van der Waals surface area contributed by atoms with Crippen molar-refractivity contribution in [1.29, 1.82) is 0 Å². The first kappa shape index (κ1) is 23.3. The average molecular weight is 472 g/mol. The first-order valence-electron chi connectivity index (χ1n) is 10.9. The molecule has 2 N–H and O–H groups in total. The number of hydrogen-bond donors (Lipinski definition) is 2. The number of nitrogens with zero attached hydrogens (tertiary/aromatic N) is 3. The van der Waals surface area contributed by atoms with Crippen molar-refractivity contribution in [3.05, 3.63) is 90.0 Å². The molecule has 1 heterocycles. The molecule has 0 saturated carbocycles. The fourth-order valence-corrected chi connectivity index (χ4v) is 4.14. The molecule has 0 radical (unpaired) electrons. The van der Waals surface area contributed by atoms with E-state index in [1.165, 1.54) is 11.8 Å². The summed E-state index contributed by atoms with van der Waals surface area (Å²) in [5, 5.41) is 15.0. The van der Waals surface area contributed by atoms with E-state index in [2.05, 4.69) is 20.8 Å². The van der Waals surface area contributed by atoms with Crippen molar-refractivity contribution < 1.29 is 9.59 Å². The molecular weight excluding hydrogens is 446 g/mol. The number of amides is 2. The van der Waals surface area contributed by atoms with E-state index in [9.17, 15) is 9.59 Å². The zero-order chi connectivity index (χ0) is 23.9. The van der Waals surface area contributed by atoms with Gasteiger partial charge in [0.15, 0.2) is 11.0 Å². The fourth-order valence-electron chi connectivity index (χ4n) is 3.39. The summed E-state index contributed by atoms with van der Waals surface area (Å²) < 4.78 is 1.96. The Morgan fingerprint density at radius 2 is 1.71 bits per heavy atom. The van der Waals surface area contributed by atoms with E-state index in [-0.39, 0.29) is 17.6 Å². The number of aromatic nitrogens is 3. The van der Waals surface area contributed by atoms with Gasteiger partial charge in [0.05, 0.1) is 5.75 Å². The third-order valence-electron chi connectivity index (χ3n) is 5.04. The summed E-state index contributed by atoms with van der Waals surface area (Å²) in [6.07, 6.45) is 0. The molecule has 0 bridgehead atoms. The lowest BCUT2D eigenvalue weighted by atomic mass is 10.2. The van der Waals surface area contributed by atoms with Crippen LogP contribution in [0.25, 0.3) is 17.1 Å². The third-order valence-corrected chi connectivity index (χ3v) is 5.96. The van der Waals surface area contributed by atoms with Crippen molar-refractivity contribution in [1.82, 2.24) is 20.1 Å². The Hall–Kier alpha value is -3.91. The highest BCUT2D eigenvalue weighted by Gasteiger charge is 2.17. The summed E-state index contributed by atoms with van der Waals surface area (Å²) in [7, 11) is 0. The van der Waals surface area contributed by atoms with Crippen molar-refractivity contribution in [3.63, 3.8) is 0 Å². The lowest BCUT2D eigenvalue weighted by Crippen LogP contribution is -2.23. The van der Waals surface area contributed by atoms with Crippen LogP contribution in [-0.2, 0) is 4.79 Å². The van der Waals surface area contributed by atoms with Crippen LogP contribution in [-0.4, -0.2) is 38.9 Å². The molecule has 4 aromatic rings. The van der Waals surface area contributed by atoms with E-state index in [0.29, 0.717) is 28.8 Å². The number of carbonyl (C=O) groups is 2. The molecule has 3 aromatic carbocycles. The van der Waals surface area contributed by atoms with Crippen molar-refractivity contribution in [2.75, 3.05) is 17.6 Å². The highest BCUT2D eigenvalue weighted by Crippen LogP contribution is 2.28. The molecule has 2 amide bonds. The minimum absolute atomic E-state index is 0.143. The quantitative estimate of drug-likeness (QED) is 0.363. The molecular formula is C26H25N5O2S. The molecule has 4 rings (SSSR count).